The van der Waals surface area contributed by atoms with E-state index >= 15 is 0 Å². The van der Waals surface area contributed by atoms with Crippen LogP contribution in [0.2, 0.25) is 20.6 Å². The van der Waals surface area contributed by atoms with E-state index in [-0.39, 0.29) is 57.0 Å². The lowest BCUT2D eigenvalue weighted by atomic mass is 9.77. The predicted octanol–water partition coefficient (Wildman–Crippen LogP) is 12.0. The van der Waals surface area contributed by atoms with E-state index in [1.54, 1.807) is 71.7 Å². The first-order valence-corrected chi connectivity index (χ1v) is 22.4. The van der Waals surface area contributed by atoms with E-state index < -0.39 is 36.3 Å². The number of halogens is 10. The van der Waals surface area contributed by atoms with Gasteiger partial charge < -0.3 is 19.9 Å². The Morgan fingerprint density at radius 1 is 0.667 bits per heavy atom. The lowest BCUT2D eigenvalue weighted by Gasteiger charge is -2.31. The van der Waals surface area contributed by atoms with Crippen LogP contribution in [0.15, 0.2) is 101 Å². The van der Waals surface area contributed by atoms with Crippen LogP contribution < -0.4 is 5.73 Å². The topological polar surface area (TPSA) is 122 Å². The van der Waals surface area contributed by atoms with Crippen molar-refractivity contribution >= 4 is 57.8 Å². The van der Waals surface area contributed by atoms with E-state index in [4.69, 9.17) is 66.3 Å². The first-order chi connectivity index (χ1) is 31.3. The van der Waals surface area contributed by atoms with Crippen molar-refractivity contribution in [1.82, 2.24) is 19.7 Å². The summed E-state index contributed by atoms with van der Waals surface area (Å²) in [7, 11) is 0. The second kappa shape index (κ2) is 23.3. The summed E-state index contributed by atoms with van der Waals surface area (Å²) in [6.45, 7) is 9.60. The van der Waals surface area contributed by atoms with Crippen molar-refractivity contribution in [2.75, 3.05) is 32.9 Å². The number of hydrogen-bond acceptors (Lipinski definition) is 9. The van der Waals surface area contributed by atoms with Crippen molar-refractivity contribution in [3.63, 3.8) is 0 Å². The van der Waals surface area contributed by atoms with Gasteiger partial charge in [0, 0.05) is 69.4 Å². The zero-order valence-corrected chi connectivity index (χ0v) is 39.5. The van der Waals surface area contributed by atoms with Gasteiger partial charge in [-0.2, -0.15) is 31.4 Å². The number of aromatic nitrogens is 4. The van der Waals surface area contributed by atoms with Crippen LogP contribution >= 0.6 is 46.4 Å². The van der Waals surface area contributed by atoms with Gasteiger partial charge >= 0.3 is 12.4 Å². The van der Waals surface area contributed by atoms with Gasteiger partial charge in [-0.05, 0) is 98.0 Å². The van der Waals surface area contributed by atoms with E-state index in [9.17, 15) is 26.3 Å². The molecule has 0 aliphatic carbocycles. The van der Waals surface area contributed by atoms with Gasteiger partial charge in [-0.3, -0.25) is 9.98 Å². The number of alkyl halides is 6. The summed E-state index contributed by atoms with van der Waals surface area (Å²) in [6, 6.07) is 20.7. The third-order valence-electron chi connectivity index (χ3n) is 10.9. The molecule has 20 heteroatoms. The zero-order valence-electron chi connectivity index (χ0n) is 36.4. The van der Waals surface area contributed by atoms with E-state index in [0.29, 0.717) is 42.3 Å². The van der Waals surface area contributed by atoms with Gasteiger partial charge in [-0.25, -0.2) is 14.6 Å². The Labute approximate surface area is 399 Å². The summed E-state index contributed by atoms with van der Waals surface area (Å²) in [5, 5.41) is 3.82. The molecular weight excluding hydrogens is 954 g/mol. The average Bonchev–Trinajstić information content (AvgIpc) is 4.06. The van der Waals surface area contributed by atoms with Crippen molar-refractivity contribution in [3.8, 4) is 5.69 Å². The summed E-state index contributed by atoms with van der Waals surface area (Å²) in [5.41, 5.74) is 4.91. The fourth-order valence-corrected chi connectivity index (χ4v) is 8.38. The Balaban J connectivity index is 0.000000198. The fraction of sp³-hybridized carbons (Fsp3) is 0.413. The molecule has 0 saturated heterocycles. The van der Waals surface area contributed by atoms with Crippen LogP contribution in [0.5, 0.6) is 0 Å². The number of pyridine rings is 2. The molecule has 3 unspecified atom stereocenters. The van der Waals surface area contributed by atoms with Gasteiger partial charge in [0.2, 0.25) is 0 Å². The maximum absolute atomic E-state index is 14.1. The van der Waals surface area contributed by atoms with Gasteiger partial charge in [0.25, 0.3) is 0 Å². The Hall–Kier alpha value is -4.13. The highest BCUT2D eigenvalue weighted by Crippen LogP contribution is 2.50. The van der Waals surface area contributed by atoms with Crippen LogP contribution in [0.25, 0.3) is 5.69 Å². The molecule has 3 atom stereocenters. The van der Waals surface area contributed by atoms with Crippen LogP contribution in [0.1, 0.15) is 74.8 Å². The number of rotatable bonds is 14. The standard InChI is InChI=1S/C19H13Cl2F3N4.C17H14Cl2F3N3.C10H22O3/c20-16-8-13(9-17(21)27-16)18(19(22,23)24)10-15(25-11-18)12-2-4-14(5-3-12)28-7-1-6-26-28;18-14-5-12(6-15(19)25-14)16(17(20,21)22)7-13(24-9-16)11-3-1-10(8-23)2-4-11;1-5-11-9(4)8-10(12-6-2)13-7-3/h1-9H,10-11H2;1-6H,7-9,23H2;9-10H,5-8H2,1-4H3. The monoisotopic (exact) mass is 1000 g/mol. The number of nitrogens with two attached hydrogens (primary N) is 1. The summed E-state index contributed by atoms with van der Waals surface area (Å²) < 4.78 is 102. The van der Waals surface area contributed by atoms with Gasteiger partial charge in [-0.1, -0.05) is 82.8 Å². The van der Waals surface area contributed by atoms with Gasteiger partial charge in [0.15, 0.2) is 6.29 Å². The predicted molar refractivity (Wildman–Crippen MR) is 247 cm³/mol. The molecule has 0 bridgehead atoms. The molecule has 66 heavy (non-hydrogen) atoms. The highest BCUT2D eigenvalue weighted by Gasteiger charge is 2.59. The number of ether oxygens (including phenoxy) is 3. The Morgan fingerprint density at radius 3 is 1.45 bits per heavy atom. The normalized spacial score (nSPS) is 18.8. The van der Waals surface area contributed by atoms with Crippen LogP contribution in [-0.4, -0.2) is 88.8 Å². The molecule has 2 aromatic carbocycles. The minimum absolute atomic E-state index is 0.0256. The number of benzene rings is 2. The average molecular weight is 1000 g/mol. The largest absolute Gasteiger partial charge is 0.400 e. The minimum Gasteiger partial charge on any atom is -0.379 e. The van der Waals surface area contributed by atoms with Crippen LogP contribution in [0, 0.1) is 0 Å². The van der Waals surface area contributed by atoms with Crippen LogP contribution in [0.4, 0.5) is 26.3 Å². The van der Waals surface area contributed by atoms with E-state index in [0.717, 1.165) is 24.3 Å². The highest BCUT2D eigenvalue weighted by molar-refractivity contribution is 6.33. The molecule has 10 nitrogen and oxygen atoms in total. The molecule has 0 amide bonds. The molecule has 7 rings (SSSR count). The molecule has 356 valence electrons. The Bertz CT molecular complexity index is 2360. The van der Waals surface area contributed by atoms with E-state index in [1.165, 1.54) is 24.3 Å². The summed E-state index contributed by atoms with van der Waals surface area (Å²) in [6.07, 6.45) is -5.29. The molecule has 0 spiro atoms. The SMILES string of the molecule is CCOC(C)CC(OCC)OCC.FC(F)(F)C1(c2cc(Cl)nc(Cl)c2)CN=C(c2ccc(-n3cccn3)cc2)C1.NCc1ccc(C2=NCC(c3cc(Cl)nc(Cl)c3)(C(F)(F)F)C2)cc1. The molecule has 2 N–H and O–H groups in total. The number of nitrogens with zero attached hydrogens (tertiary/aromatic N) is 6. The fourth-order valence-electron chi connectivity index (χ4n) is 7.46. The highest BCUT2D eigenvalue weighted by atomic mass is 35.5. The third kappa shape index (κ3) is 13.1. The van der Waals surface area contributed by atoms with E-state index in [2.05, 4.69) is 25.1 Å². The maximum Gasteiger partial charge on any atom is 0.400 e. The van der Waals surface area contributed by atoms with Gasteiger partial charge in [0.1, 0.15) is 31.4 Å². The molecule has 2 aliphatic heterocycles. The Kier molecular flexibility index (Phi) is 18.6. The van der Waals surface area contributed by atoms with Gasteiger partial charge in [-0.15, -0.1) is 0 Å². The quantitative estimate of drug-likeness (QED) is 0.0668. The number of aliphatic imine (C=N–C) groups is 2. The van der Waals surface area contributed by atoms with Crippen molar-refractivity contribution in [1.29, 1.82) is 0 Å². The van der Waals surface area contributed by atoms with Crippen molar-refractivity contribution in [3.05, 3.63) is 140 Å². The van der Waals surface area contributed by atoms with Crippen molar-refractivity contribution in [2.24, 2.45) is 15.7 Å². The third-order valence-corrected chi connectivity index (χ3v) is 11.7. The lowest BCUT2D eigenvalue weighted by Crippen LogP contribution is -2.43. The van der Waals surface area contributed by atoms with Crippen molar-refractivity contribution in [2.45, 2.75) is 89.1 Å². The smallest absolute Gasteiger partial charge is 0.379 e. The molecule has 5 aromatic rings. The summed E-state index contributed by atoms with van der Waals surface area (Å²) in [4.78, 5) is 15.9. The molecule has 0 fully saturated rings. The van der Waals surface area contributed by atoms with Crippen molar-refractivity contribution < 1.29 is 40.6 Å². The molecule has 0 radical (unpaired) electrons. The molecular formula is C46H49Cl4F6N7O3. The minimum atomic E-state index is -4.53. The second-order valence-corrected chi connectivity index (χ2v) is 16.8. The zero-order chi connectivity index (χ0) is 48.3. The maximum atomic E-state index is 14.1. The van der Waals surface area contributed by atoms with Gasteiger partial charge in [0.05, 0.1) is 24.9 Å². The second-order valence-electron chi connectivity index (χ2n) is 15.3. The molecule has 3 aromatic heterocycles. The first-order valence-electron chi connectivity index (χ1n) is 20.9. The Morgan fingerprint density at radius 2 is 1.09 bits per heavy atom. The molecule has 0 saturated carbocycles. The first kappa shape index (κ1) is 52.8. The summed E-state index contributed by atoms with van der Waals surface area (Å²) in [5.74, 6) is 0. The molecule has 5 heterocycles. The number of hydrogen-bond donors (Lipinski definition) is 1. The summed E-state index contributed by atoms with van der Waals surface area (Å²) >= 11 is 23.3. The van der Waals surface area contributed by atoms with E-state index in [1.807, 2.05) is 27.7 Å². The lowest BCUT2D eigenvalue weighted by molar-refractivity contribution is -0.184. The van der Waals surface area contributed by atoms with Crippen LogP contribution in [-0.2, 0) is 31.6 Å². The van der Waals surface area contributed by atoms with Crippen LogP contribution in [0.3, 0.4) is 0 Å². The molecule has 2 aliphatic rings.